The number of hydrogen-bond acceptors (Lipinski definition) is 5. The Hall–Kier alpha value is -3.30. The van der Waals surface area contributed by atoms with Crippen molar-refractivity contribution in [3.8, 4) is 22.8 Å². The Balaban J connectivity index is 2.29. The second-order valence-corrected chi connectivity index (χ2v) is 4.83. The average molecular weight is 339 g/mol. The molecule has 2 heterocycles. The molecule has 0 saturated carbocycles. The summed E-state index contributed by atoms with van der Waals surface area (Å²) >= 11 is 0. The van der Waals surface area contributed by atoms with Crippen molar-refractivity contribution < 1.29 is 33.3 Å². The number of phenolic OH excluding ortho intramolecular Hbond substituents is 2. The van der Waals surface area contributed by atoms with E-state index < -0.39 is 35.0 Å². The van der Waals surface area contributed by atoms with Gasteiger partial charge in [-0.25, -0.2) is 14.3 Å². The van der Waals surface area contributed by atoms with Gasteiger partial charge in [-0.3, -0.25) is 0 Å². The highest BCUT2D eigenvalue weighted by molar-refractivity contribution is 5.86. The average Bonchev–Trinajstić information content (AvgIpc) is 2.92. The van der Waals surface area contributed by atoms with Crippen LogP contribution in [0.4, 0.5) is 13.2 Å². The number of alkyl halides is 3. The molecule has 0 spiro atoms. The molecule has 0 saturated heterocycles. The van der Waals surface area contributed by atoms with E-state index in [-0.39, 0.29) is 16.9 Å². The van der Waals surface area contributed by atoms with Crippen LogP contribution in [0.5, 0.6) is 11.5 Å². The third-order valence-electron chi connectivity index (χ3n) is 3.21. The van der Waals surface area contributed by atoms with Crippen molar-refractivity contribution >= 4 is 11.6 Å². The predicted molar refractivity (Wildman–Crippen MR) is 73.7 cm³/mol. The van der Waals surface area contributed by atoms with Crippen molar-refractivity contribution in [3.05, 3.63) is 41.7 Å². The number of carboxylic acid groups (broad SMARTS) is 1. The maximum Gasteiger partial charge on any atom is 0.433 e. The Morgan fingerprint density at radius 1 is 1.08 bits per heavy atom. The van der Waals surface area contributed by atoms with Crippen LogP contribution in [0.2, 0.25) is 0 Å². The standard InChI is InChI=1S/C14H8F3N3O4/c15-14(16,17)11-4-7(6-1-2-9(21)10(22)3-6)18-12-5-8(13(23)24)19-20(11)12/h1-5,21-22H,(H,23,24). The fraction of sp³-hybridized carbons (Fsp3) is 0.0714. The van der Waals surface area contributed by atoms with Gasteiger partial charge in [0.15, 0.2) is 28.5 Å². The summed E-state index contributed by atoms with van der Waals surface area (Å²) in [5.41, 5.74) is -2.18. The van der Waals surface area contributed by atoms with Crippen LogP contribution in [0.3, 0.4) is 0 Å². The van der Waals surface area contributed by atoms with Crippen LogP contribution in [-0.4, -0.2) is 35.9 Å². The highest BCUT2D eigenvalue weighted by Gasteiger charge is 2.35. The third kappa shape index (κ3) is 2.57. The van der Waals surface area contributed by atoms with Gasteiger partial charge in [0.1, 0.15) is 0 Å². The van der Waals surface area contributed by atoms with Crippen LogP contribution in [0.25, 0.3) is 16.9 Å². The minimum atomic E-state index is -4.81. The lowest BCUT2D eigenvalue weighted by atomic mass is 10.1. The molecule has 10 heteroatoms. The number of rotatable bonds is 2. The van der Waals surface area contributed by atoms with Crippen LogP contribution in [0, 0.1) is 0 Å². The van der Waals surface area contributed by atoms with Gasteiger partial charge in [0.25, 0.3) is 0 Å². The summed E-state index contributed by atoms with van der Waals surface area (Å²) in [6.45, 7) is 0. The minimum Gasteiger partial charge on any atom is -0.504 e. The first-order valence-electron chi connectivity index (χ1n) is 6.40. The van der Waals surface area contributed by atoms with Crippen molar-refractivity contribution in [2.24, 2.45) is 0 Å². The van der Waals surface area contributed by atoms with Crippen LogP contribution < -0.4 is 0 Å². The third-order valence-corrected chi connectivity index (χ3v) is 3.21. The van der Waals surface area contributed by atoms with Gasteiger partial charge >= 0.3 is 12.1 Å². The normalized spacial score (nSPS) is 11.8. The molecule has 0 aliphatic heterocycles. The van der Waals surface area contributed by atoms with Gasteiger partial charge in [-0.15, -0.1) is 0 Å². The van der Waals surface area contributed by atoms with E-state index in [0.717, 1.165) is 18.2 Å². The highest BCUT2D eigenvalue weighted by Crippen LogP contribution is 2.34. The van der Waals surface area contributed by atoms with Gasteiger partial charge in [-0.1, -0.05) is 0 Å². The topological polar surface area (TPSA) is 108 Å². The number of aromatic carboxylic acids is 1. The molecular formula is C14H8F3N3O4. The lowest BCUT2D eigenvalue weighted by Crippen LogP contribution is -2.14. The second kappa shape index (κ2) is 5.11. The molecule has 1 aromatic carbocycles. The van der Waals surface area contributed by atoms with E-state index in [1.54, 1.807) is 0 Å². The van der Waals surface area contributed by atoms with Gasteiger partial charge in [0, 0.05) is 11.6 Å². The summed E-state index contributed by atoms with van der Waals surface area (Å²) in [6.07, 6.45) is -4.81. The van der Waals surface area contributed by atoms with E-state index >= 15 is 0 Å². The smallest absolute Gasteiger partial charge is 0.433 e. The number of aromatic hydroxyl groups is 2. The van der Waals surface area contributed by atoms with Gasteiger partial charge in [0.2, 0.25) is 0 Å². The molecule has 7 nitrogen and oxygen atoms in total. The van der Waals surface area contributed by atoms with E-state index in [1.165, 1.54) is 6.07 Å². The van der Waals surface area contributed by atoms with Crippen LogP contribution >= 0.6 is 0 Å². The number of carboxylic acids is 1. The molecule has 2 aromatic heterocycles. The Bertz CT molecular complexity index is 966. The molecule has 0 aliphatic carbocycles. The van der Waals surface area contributed by atoms with Crippen molar-refractivity contribution in [2.75, 3.05) is 0 Å². The van der Waals surface area contributed by atoms with Crippen molar-refractivity contribution in [1.82, 2.24) is 14.6 Å². The Kier molecular flexibility index (Phi) is 3.32. The fourth-order valence-corrected chi connectivity index (χ4v) is 2.11. The molecule has 0 atom stereocenters. The zero-order valence-corrected chi connectivity index (χ0v) is 11.6. The Morgan fingerprint density at radius 3 is 2.38 bits per heavy atom. The SMILES string of the molecule is O=C(O)c1cc2nc(-c3ccc(O)c(O)c3)cc(C(F)(F)F)n2n1. The van der Waals surface area contributed by atoms with Crippen molar-refractivity contribution in [2.45, 2.75) is 6.18 Å². The van der Waals surface area contributed by atoms with Gasteiger partial charge in [-0.05, 0) is 24.3 Å². The first kappa shape index (κ1) is 15.6. The first-order chi connectivity index (χ1) is 11.2. The summed E-state index contributed by atoms with van der Waals surface area (Å²) < 4.78 is 40.1. The fourth-order valence-electron chi connectivity index (χ4n) is 2.11. The summed E-state index contributed by atoms with van der Waals surface area (Å²) in [6, 6.07) is 4.99. The van der Waals surface area contributed by atoms with E-state index in [1.807, 2.05) is 0 Å². The summed E-state index contributed by atoms with van der Waals surface area (Å²) in [5.74, 6) is -2.45. The van der Waals surface area contributed by atoms with Gasteiger partial charge in [0.05, 0.1) is 5.69 Å². The molecule has 3 N–H and O–H groups in total. The monoisotopic (exact) mass is 339 g/mol. The number of carbonyl (C=O) groups is 1. The molecule has 0 unspecified atom stereocenters. The molecular weight excluding hydrogens is 331 g/mol. The Morgan fingerprint density at radius 2 is 1.79 bits per heavy atom. The molecule has 0 bridgehead atoms. The lowest BCUT2D eigenvalue weighted by molar-refractivity contribution is -0.142. The number of benzene rings is 1. The maximum absolute atomic E-state index is 13.2. The number of nitrogens with zero attached hydrogens (tertiary/aromatic N) is 3. The summed E-state index contributed by atoms with van der Waals surface area (Å²) in [4.78, 5) is 14.9. The molecule has 3 aromatic rings. The molecule has 0 aliphatic rings. The molecule has 3 rings (SSSR count). The van der Waals surface area contributed by atoms with Crippen LogP contribution in [0.15, 0.2) is 30.3 Å². The number of halogens is 3. The van der Waals surface area contributed by atoms with Crippen LogP contribution in [-0.2, 0) is 6.18 Å². The predicted octanol–water partition coefficient (Wildman–Crippen LogP) is 2.52. The summed E-state index contributed by atoms with van der Waals surface area (Å²) in [7, 11) is 0. The van der Waals surface area contributed by atoms with E-state index in [0.29, 0.717) is 10.6 Å². The Labute approximate surface area is 131 Å². The van der Waals surface area contributed by atoms with Gasteiger partial charge < -0.3 is 15.3 Å². The molecule has 24 heavy (non-hydrogen) atoms. The maximum atomic E-state index is 13.2. The second-order valence-electron chi connectivity index (χ2n) is 4.83. The zero-order chi connectivity index (χ0) is 17.6. The minimum absolute atomic E-state index is 0.108. The largest absolute Gasteiger partial charge is 0.504 e. The molecule has 0 amide bonds. The van der Waals surface area contributed by atoms with Crippen LogP contribution in [0.1, 0.15) is 16.2 Å². The quantitative estimate of drug-likeness (QED) is 0.619. The van der Waals surface area contributed by atoms with Crippen molar-refractivity contribution in [3.63, 3.8) is 0 Å². The summed E-state index contributed by atoms with van der Waals surface area (Å²) in [5, 5.41) is 31.0. The number of phenols is 2. The molecule has 0 radical (unpaired) electrons. The highest BCUT2D eigenvalue weighted by atomic mass is 19.4. The molecule has 0 fully saturated rings. The number of fused-ring (bicyclic) bond motifs is 1. The van der Waals surface area contributed by atoms with Gasteiger partial charge in [-0.2, -0.15) is 18.3 Å². The first-order valence-corrected chi connectivity index (χ1v) is 6.40. The molecule has 124 valence electrons. The van der Waals surface area contributed by atoms with E-state index in [4.69, 9.17) is 5.11 Å². The number of hydrogen-bond donors (Lipinski definition) is 3. The van der Waals surface area contributed by atoms with E-state index in [2.05, 4.69) is 10.1 Å². The van der Waals surface area contributed by atoms with E-state index in [9.17, 15) is 28.2 Å². The number of aromatic nitrogens is 3. The zero-order valence-electron chi connectivity index (χ0n) is 11.6. The van der Waals surface area contributed by atoms with Crippen molar-refractivity contribution in [1.29, 1.82) is 0 Å². The lowest BCUT2D eigenvalue weighted by Gasteiger charge is -2.11.